The number of sulfonamides is 1. The van der Waals surface area contributed by atoms with Crippen molar-refractivity contribution in [1.82, 2.24) is 4.98 Å². The van der Waals surface area contributed by atoms with E-state index >= 15 is 0 Å². The predicted octanol–water partition coefficient (Wildman–Crippen LogP) is 1.91. The number of aryl methyl sites for hydroxylation is 1. The van der Waals surface area contributed by atoms with Crippen LogP contribution in [0.15, 0.2) is 10.4 Å². The minimum atomic E-state index is -3.56. The molecule has 1 heterocycles. The second kappa shape index (κ2) is 5.58. The van der Waals surface area contributed by atoms with Crippen molar-refractivity contribution in [1.29, 1.82) is 0 Å². The number of nitrogens with zero attached hydrogens (tertiary/aromatic N) is 1. The lowest BCUT2D eigenvalue weighted by molar-refractivity contribution is 0.599. The van der Waals surface area contributed by atoms with E-state index in [4.69, 9.17) is 5.14 Å². The number of aromatic nitrogens is 1. The fourth-order valence-corrected chi connectivity index (χ4v) is 2.89. The van der Waals surface area contributed by atoms with Gasteiger partial charge in [0.25, 0.3) is 0 Å². The Morgan fingerprint density at radius 1 is 1.40 bits per heavy atom. The van der Waals surface area contributed by atoms with Gasteiger partial charge in [-0.2, -0.15) is 0 Å². The van der Waals surface area contributed by atoms with Crippen molar-refractivity contribution in [2.45, 2.75) is 43.2 Å². The molecule has 0 saturated heterocycles. The van der Waals surface area contributed by atoms with Crippen LogP contribution in [0.3, 0.4) is 0 Å². The number of thiazole rings is 1. The molecule has 1 rings (SSSR count). The minimum Gasteiger partial charge on any atom is -0.248 e. The van der Waals surface area contributed by atoms with Gasteiger partial charge in [0.2, 0.25) is 10.0 Å². The van der Waals surface area contributed by atoms with E-state index in [0.717, 1.165) is 17.8 Å². The van der Waals surface area contributed by atoms with E-state index in [2.05, 4.69) is 11.9 Å². The van der Waals surface area contributed by atoms with E-state index in [1.165, 1.54) is 36.8 Å². The van der Waals surface area contributed by atoms with Crippen LogP contribution in [0.1, 0.15) is 37.6 Å². The van der Waals surface area contributed by atoms with Crippen molar-refractivity contribution in [3.8, 4) is 0 Å². The summed E-state index contributed by atoms with van der Waals surface area (Å²) in [7, 11) is -3.56. The lowest BCUT2D eigenvalue weighted by Crippen LogP contribution is -2.09. The smallest absolute Gasteiger partial charge is 0.248 e. The highest BCUT2D eigenvalue weighted by atomic mass is 32.2. The number of nitrogens with two attached hydrogens (primary N) is 1. The number of hydrogen-bond donors (Lipinski definition) is 1. The zero-order valence-electron chi connectivity index (χ0n) is 8.77. The largest absolute Gasteiger partial charge is 0.249 e. The highest BCUT2D eigenvalue weighted by Gasteiger charge is 2.11. The Bertz CT molecular complexity index is 398. The molecule has 0 fully saturated rings. The van der Waals surface area contributed by atoms with Crippen molar-refractivity contribution < 1.29 is 8.42 Å². The number of primary sulfonamides is 1. The van der Waals surface area contributed by atoms with Gasteiger partial charge in [0.15, 0.2) is 4.21 Å². The van der Waals surface area contributed by atoms with Crippen molar-refractivity contribution >= 4 is 21.4 Å². The maximum Gasteiger partial charge on any atom is 0.249 e. The Labute approximate surface area is 94.6 Å². The van der Waals surface area contributed by atoms with Gasteiger partial charge in [-0.05, 0) is 12.8 Å². The van der Waals surface area contributed by atoms with Gasteiger partial charge < -0.3 is 0 Å². The average Bonchev–Trinajstić information content (AvgIpc) is 2.60. The van der Waals surface area contributed by atoms with Gasteiger partial charge in [-0.25, -0.2) is 18.5 Å². The van der Waals surface area contributed by atoms with Crippen LogP contribution in [0.5, 0.6) is 0 Å². The minimum absolute atomic E-state index is 0.160. The summed E-state index contributed by atoms with van der Waals surface area (Å²) in [5, 5.41) is 5.85. The molecule has 1 aromatic rings. The monoisotopic (exact) mass is 248 g/mol. The molecule has 0 unspecified atom stereocenters. The molecule has 86 valence electrons. The summed E-state index contributed by atoms with van der Waals surface area (Å²) in [5.41, 5.74) is 0. The molecule has 0 aliphatic carbocycles. The first-order chi connectivity index (χ1) is 7.04. The number of rotatable bonds is 6. The molecule has 0 saturated carbocycles. The molecule has 6 heteroatoms. The van der Waals surface area contributed by atoms with Crippen LogP contribution in [0.2, 0.25) is 0 Å². The highest BCUT2D eigenvalue weighted by Crippen LogP contribution is 2.19. The third kappa shape index (κ3) is 4.27. The molecule has 0 bridgehead atoms. The molecule has 0 amide bonds. The molecule has 0 spiro atoms. The molecule has 1 aromatic heterocycles. The van der Waals surface area contributed by atoms with Crippen molar-refractivity contribution in [2.24, 2.45) is 5.14 Å². The predicted molar refractivity (Wildman–Crippen MR) is 61.3 cm³/mol. The van der Waals surface area contributed by atoms with Gasteiger partial charge in [0, 0.05) is 0 Å². The Morgan fingerprint density at radius 3 is 2.67 bits per heavy atom. The second-order valence-corrected chi connectivity index (χ2v) is 6.33. The average molecular weight is 248 g/mol. The molecular formula is C9H16N2O2S2. The zero-order valence-corrected chi connectivity index (χ0v) is 10.4. The van der Waals surface area contributed by atoms with Gasteiger partial charge in [-0.15, -0.1) is 11.3 Å². The molecular weight excluding hydrogens is 232 g/mol. The van der Waals surface area contributed by atoms with Crippen LogP contribution >= 0.6 is 11.3 Å². The molecule has 15 heavy (non-hydrogen) atoms. The molecule has 2 N–H and O–H groups in total. The van der Waals surface area contributed by atoms with Gasteiger partial charge in [-0.3, -0.25) is 0 Å². The van der Waals surface area contributed by atoms with Gasteiger partial charge in [0.1, 0.15) is 0 Å². The van der Waals surface area contributed by atoms with Crippen LogP contribution in [-0.4, -0.2) is 13.4 Å². The van der Waals surface area contributed by atoms with Gasteiger partial charge in [0.05, 0.1) is 11.2 Å². The van der Waals surface area contributed by atoms with E-state index in [1.54, 1.807) is 0 Å². The van der Waals surface area contributed by atoms with Crippen LogP contribution in [0, 0.1) is 0 Å². The first kappa shape index (κ1) is 12.6. The zero-order chi connectivity index (χ0) is 11.3. The summed E-state index contributed by atoms with van der Waals surface area (Å²) in [5.74, 6) is 0. The maximum atomic E-state index is 11.0. The standard InChI is InChI=1S/C9H16N2O2S2/c1-2-3-4-5-6-8-11-7-9(14-8)15(10,12)13/h7H,2-6H2,1H3,(H2,10,12,13). The molecule has 0 aliphatic rings. The van der Waals surface area contributed by atoms with Gasteiger partial charge >= 0.3 is 0 Å². The maximum absolute atomic E-state index is 11.0. The van der Waals surface area contributed by atoms with Crippen LogP contribution < -0.4 is 5.14 Å². The lowest BCUT2D eigenvalue weighted by Gasteiger charge is -1.95. The topological polar surface area (TPSA) is 73.0 Å². The Hall–Kier alpha value is -0.460. The van der Waals surface area contributed by atoms with E-state index in [9.17, 15) is 8.42 Å². The summed E-state index contributed by atoms with van der Waals surface area (Å²) in [6.07, 6.45) is 6.83. The third-order valence-electron chi connectivity index (χ3n) is 2.06. The summed E-state index contributed by atoms with van der Waals surface area (Å²) < 4.78 is 22.1. The van der Waals surface area contributed by atoms with Crippen LogP contribution in [-0.2, 0) is 16.4 Å². The Balaban J connectivity index is 2.47. The molecule has 0 aromatic carbocycles. The number of hydrogen-bond acceptors (Lipinski definition) is 4. The van der Waals surface area contributed by atoms with Crippen LogP contribution in [0.25, 0.3) is 0 Å². The number of unbranched alkanes of at least 4 members (excludes halogenated alkanes) is 3. The molecule has 4 nitrogen and oxygen atoms in total. The van der Waals surface area contributed by atoms with Crippen molar-refractivity contribution in [3.05, 3.63) is 11.2 Å². The van der Waals surface area contributed by atoms with Gasteiger partial charge in [-0.1, -0.05) is 26.2 Å². The van der Waals surface area contributed by atoms with Crippen LogP contribution in [0.4, 0.5) is 0 Å². The lowest BCUT2D eigenvalue weighted by atomic mass is 10.2. The van der Waals surface area contributed by atoms with E-state index in [1.807, 2.05) is 0 Å². The quantitative estimate of drug-likeness (QED) is 0.782. The first-order valence-corrected chi connectivity index (χ1v) is 7.38. The van der Waals surface area contributed by atoms with E-state index < -0.39 is 10.0 Å². The fraction of sp³-hybridized carbons (Fsp3) is 0.667. The normalized spacial score (nSPS) is 11.9. The highest BCUT2D eigenvalue weighted by molar-refractivity contribution is 7.91. The fourth-order valence-electron chi connectivity index (χ4n) is 1.24. The summed E-state index contributed by atoms with van der Waals surface area (Å²) >= 11 is 1.17. The molecule has 0 radical (unpaired) electrons. The summed E-state index contributed by atoms with van der Waals surface area (Å²) in [6, 6.07) is 0. The molecule has 0 atom stereocenters. The van der Waals surface area contributed by atoms with Crippen molar-refractivity contribution in [3.63, 3.8) is 0 Å². The third-order valence-corrected chi connectivity index (χ3v) is 4.52. The summed E-state index contributed by atoms with van der Waals surface area (Å²) in [4.78, 5) is 4.04. The molecule has 0 aliphatic heterocycles. The SMILES string of the molecule is CCCCCCc1ncc(S(N)(=O)=O)s1. The Kier molecular flexibility index (Phi) is 4.69. The van der Waals surface area contributed by atoms with Crippen molar-refractivity contribution in [2.75, 3.05) is 0 Å². The van der Waals surface area contributed by atoms with E-state index in [-0.39, 0.29) is 4.21 Å². The first-order valence-electron chi connectivity index (χ1n) is 5.01. The van der Waals surface area contributed by atoms with E-state index in [0.29, 0.717) is 0 Å². The Morgan fingerprint density at radius 2 is 2.13 bits per heavy atom. The summed E-state index contributed by atoms with van der Waals surface area (Å²) in [6.45, 7) is 2.16. The second-order valence-electron chi connectivity index (χ2n) is 3.43.